The van der Waals surface area contributed by atoms with E-state index < -0.39 is 9.84 Å². The van der Waals surface area contributed by atoms with Crippen LogP contribution < -0.4 is 0 Å². The molecule has 7 heteroatoms. The van der Waals surface area contributed by atoms with Crippen molar-refractivity contribution < 1.29 is 18.3 Å². The first-order valence-corrected chi connectivity index (χ1v) is 10.7. The Morgan fingerprint density at radius 2 is 1.74 bits per heavy atom. The van der Waals surface area contributed by atoms with Crippen LogP contribution in [0.25, 0.3) is 0 Å². The van der Waals surface area contributed by atoms with Crippen molar-refractivity contribution in [2.24, 2.45) is 5.92 Å². The summed E-state index contributed by atoms with van der Waals surface area (Å²) in [5, 5.41) is 9.19. The molecule has 0 spiro atoms. The van der Waals surface area contributed by atoms with Crippen LogP contribution in [-0.4, -0.2) is 79.1 Å². The molecule has 0 bridgehead atoms. The van der Waals surface area contributed by atoms with E-state index >= 15 is 0 Å². The summed E-state index contributed by atoms with van der Waals surface area (Å²) < 4.78 is 24.2. The summed E-state index contributed by atoms with van der Waals surface area (Å²) in [6, 6.07) is -0.368. The SMILES string of the molecule is O=C(CC1CCCCC1)N1CCN(CCO)C2CS(=O)(=O)CC21. The Hall–Kier alpha value is -0.660. The topological polar surface area (TPSA) is 77.9 Å². The molecule has 2 aliphatic heterocycles. The van der Waals surface area contributed by atoms with Crippen molar-refractivity contribution in [2.75, 3.05) is 37.7 Å². The second-order valence-electron chi connectivity index (χ2n) is 7.27. The highest BCUT2D eigenvalue weighted by molar-refractivity contribution is 7.91. The normalized spacial score (nSPS) is 32.0. The number of nitrogens with zero attached hydrogens (tertiary/aromatic N) is 2. The van der Waals surface area contributed by atoms with E-state index in [2.05, 4.69) is 0 Å². The zero-order valence-corrected chi connectivity index (χ0v) is 14.5. The molecule has 1 saturated carbocycles. The maximum atomic E-state index is 12.7. The van der Waals surface area contributed by atoms with E-state index in [4.69, 9.17) is 0 Å². The van der Waals surface area contributed by atoms with E-state index in [1.54, 1.807) is 0 Å². The van der Waals surface area contributed by atoms with Crippen molar-refractivity contribution in [3.05, 3.63) is 0 Å². The van der Waals surface area contributed by atoms with Gasteiger partial charge in [-0.2, -0.15) is 0 Å². The molecule has 2 heterocycles. The van der Waals surface area contributed by atoms with Crippen LogP contribution in [0, 0.1) is 5.92 Å². The summed E-state index contributed by atoms with van der Waals surface area (Å²) in [4.78, 5) is 16.6. The summed E-state index contributed by atoms with van der Waals surface area (Å²) in [6.45, 7) is 1.76. The molecule has 0 aromatic heterocycles. The van der Waals surface area contributed by atoms with Crippen molar-refractivity contribution >= 4 is 15.7 Å². The highest BCUT2D eigenvalue weighted by Crippen LogP contribution is 2.30. The summed E-state index contributed by atoms with van der Waals surface area (Å²) >= 11 is 0. The Labute approximate surface area is 138 Å². The van der Waals surface area contributed by atoms with Crippen molar-refractivity contribution in [2.45, 2.75) is 50.6 Å². The minimum absolute atomic E-state index is 0.0271. The zero-order chi connectivity index (χ0) is 16.4. The number of fused-ring (bicyclic) bond motifs is 1. The quantitative estimate of drug-likeness (QED) is 0.791. The lowest BCUT2D eigenvalue weighted by atomic mass is 9.86. The smallest absolute Gasteiger partial charge is 0.223 e. The summed E-state index contributed by atoms with van der Waals surface area (Å²) in [5.74, 6) is 0.803. The predicted octanol–water partition coefficient (Wildman–Crippen LogP) is 0.259. The molecule has 2 unspecified atom stereocenters. The molecule has 0 aromatic rings. The van der Waals surface area contributed by atoms with Gasteiger partial charge in [-0.25, -0.2) is 8.42 Å². The van der Waals surface area contributed by atoms with Crippen molar-refractivity contribution in [3.63, 3.8) is 0 Å². The molecule has 1 aliphatic carbocycles. The van der Waals surface area contributed by atoms with Gasteiger partial charge in [-0.3, -0.25) is 9.69 Å². The number of aliphatic hydroxyl groups is 1. The van der Waals surface area contributed by atoms with Gasteiger partial charge in [0.1, 0.15) is 0 Å². The Bertz CT molecular complexity index is 530. The third kappa shape index (κ3) is 3.88. The highest BCUT2D eigenvalue weighted by Gasteiger charge is 2.47. The predicted molar refractivity (Wildman–Crippen MR) is 87.8 cm³/mol. The van der Waals surface area contributed by atoms with Crippen LogP contribution in [0.2, 0.25) is 0 Å². The molecule has 1 amide bonds. The van der Waals surface area contributed by atoms with Crippen LogP contribution >= 0.6 is 0 Å². The number of β-amino-alcohol motifs (C(OH)–C–C–N with tert-alkyl or cyclic N) is 1. The van der Waals surface area contributed by atoms with Crippen molar-refractivity contribution in [1.82, 2.24) is 9.80 Å². The fraction of sp³-hybridized carbons (Fsp3) is 0.938. The number of sulfone groups is 1. The van der Waals surface area contributed by atoms with Gasteiger partial charge < -0.3 is 10.0 Å². The lowest BCUT2D eigenvalue weighted by Gasteiger charge is -2.44. The summed E-state index contributed by atoms with van der Waals surface area (Å²) in [6.07, 6.45) is 6.52. The van der Waals surface area contributed by atoms with E-state index in [1.807, 2.05) is 9.80 Å². The Balaban J connectivity index is 1.68. The van der Waals surface area contributed by atoms with Gasteiger partial charge in [-0.15, -0.1) is 0 Å². The molecule has 0 radical (unpaired) electrons. The average molecular weight is 344 g/mol. The Kier molecular flexibility index (Phi) is 5.28. The second kappa shape index (κ2) is 7.07. The van der Waals surface area contributed by atoms with Gasteiger partial charge in [0.05, 0.1) is 24.2 Å². The number of amides is 1. The molecule has 23 heavy (non-hydrogen) atoms. The van der Waals surface area contributed by atoms with Crippen LogP contribution in [0.5, 0.6) is 0 Å². The van der Waals surface area contributed by atoms with E-state index in [0.717, 1.165) is 12.8 Å². The molecule has 1 N–H and O–H groups in total. The molecule has 3 fully saturated rings. The molecular weight excluding hydrogens is 316 g/mol. The van der Waals surface area contributed by atoms with Crippen LogP contribution in [-0.2, 0) is 14.6 Å². The second-order valence-corrected chi connectivity index (χ2v) is 9.42. The lowest BCUT2D eigenvalue weighted by Crippen LogP contribution is -2.61. The molecular formula is C16H28N2O4S. The number of carbonyl (C=O) groups is 1. The van der Waals surface area contributed by atoms with E-state index in [-0.39, 0.29) is 36.1 Å². The first-order valence-electron chi connectivity index (χ1n) is 8.85. The van der Waals surface area contributed by atoms with Crippen LogP contribution in [0.15, 0.2) is 0 Å². The first-order chi connectivity index (χ1) is 11.0. The summed E-state index contributed by atoms with van der Waals surface area (Å²) in [5.41, 5.74) is 0. The highest BCUT2D eigenvalue weighted by atomic mass is 32.2. The summed E-state index contributed by atoms with van der Waals surface area (Å²) in [7, 11) is -3.10. The first kappa shape index (κ1) is 17.2. The monoisotopic (exact) mass is 344 g/mol. The van der Waals surface area contributed by atoms with Gasteiger partial charge in [0, 0.05) is 32.1 Å². The lowest BCUT2D eigenvalue weighted by molar-refractivity contribution is -0.138. The minimum atomic E-state index is -3.10. The van der Waals surface area contributed by atoms with Crippen LogP contribution in [0.3, 0.4) is 0 Å². The number of carbonyl (C=O) groups excluding carboxylic acids is 1. The molecule has 2 saturated heterocycles. The third-order valence-corrected chi connectivity index (χ3v) is 7.39. The fourth-order valence-corrected chi connectivity index (χ4v) is 6.51. The van der Waals surface area contributed by atoms with Crippen LogP contribution in [0.4, 0.5) is 0 Å². The van der Waals surface area contributed by atoms with Crippen molar-refractivity contribution in [3.8, 4) is 0 Å². The Morgan fingerprint density at radius 3 is 2.43 bits per heavy atom. The van der Waals surface area contributed by atoms with Gasteiger partial charge in [0.15, 0.2) is 9.84 Å². The third-order valence-electron chi connectivity index (χ3n) is 5.69. The maximum absolute atomic E-state index is 12.7. The average Bonchev–Trinajstić information content (AvgIpc) is 2.84. The number of rotatable bonds is 4. The molecule has 6 nitrogen and oxygen atoms in total. The van der Waals surface area contributed by atoms with E-state index in [0.29, 0.717) is 32.0 Å². The number of piperazine rings is 1. The van der Waals surface area contributed by atoms with Gasteiger partial charge in [0.2, 0.25) is 5.91 Å². The van der Waals surface area contributed by atoms with E-state index in [9.17, 15) is 18.3 Å². The molecule has 3 aliphatic rings. The number of hydrogen-bond acceptors (Lipinski definition) is 5. The molecule has 132 valence electrons. The van der Waals surface area contributed by atoms with Crippen molar-refractivity contribution in [1.29, 1.82) is 0 Å². The molecule has 2 atom stereocenters. The van der Waals surface area contributed by atoms with Gasteiger partial charge in [-0.1, -0.05) is 19.3 Å². The molecule has 3 rings (SSSR count). The zero-order valence-electron chi connectivity index (χ0n) is 13.7. The maximum Gasteiger partial charge on any atom is 0.223 e. The number of aliphatic hydroxyl groups excluding tert-OH is 1. The van der Waals surface area contributed by atoms with Gasteiger partial charge in [-0.05, 0) is 18.8 Å². The van der Waals surface area contributed by atoms with Crippen LogP contribution in [0.1, 0.15) is 38.5 Å². The minimum Gasteiger partial charge on any atom is -0.395 e. The van der Waals surface area contributed by atoms with Gasteiger partial charge >= 0.3 is 0 Å². The number of hydrogen-bond donors (Lipinski definition) is 1. The fourth-order valence-electron chi connectivity index (χ4n) is 4.50. The Morgan fingerprint density at radius 1 is 1.04 bits per heavy atom. The van der Waals surface area contributed by atoms with E-state index in [1.165, 1.54) is 19.3 Å². The largest absolute Gasteiger partial charge is 0.395 e. The standard InChI is InChI=1S/C16H28N2O4S/c19-9-8-17-6-7-18(15-12-23(21,22)11-14(15)17)16(20)10-13-4-2-1-3-5-13/h13-15,19H,1-12H2. The molecule has 0 aromatic carbocycles. The van der Waals surface area contributed by atoms with Gasteiger partial charge in [0.25, 0.3) is 0 Å².